The fourth-order valence-corrected chi connectivity index (χ4v) is 7.18. The van der Waals surface area contributed by atoms with E-state index in [0.717, 1.165) is 51.8 Å². The molecule has 4 N–H and O–H groups in total. The molecular formula is C32H40F4N8O3. The van der Waals surface area contributed by atoms with Gasteiger partial charge in [-0.15, -0.1) is 0 Å². The molecule has 0 aromatic carbocycles. The molecule has 2 bridgehead atoms. The SMILES string of the molecule is Cc1nc(N)cc(-c2nc3c4c(nc(OCC5(CN6CC7COCC(C7)C6)CC5)nc4c2F)NCCNCCC(C)O3)c1C(F)(F)F. The topological polar surface area (TPSA) is 133 Å². The van der Waals surface area contributed by atoms with E-state index < -0.39 is 40.6 Å². The monoisotopic (exact) mass is 660 g/mol. The zero-order valence-corrected chi connectivity index (χ0v) is 26.6. The fourth-order valence-electron chi connectivity index (χ4n) is 7.18. The first-order valence-electron chi connectivity index (χ1n) is 16.3. The van der Waals surface area contributed by atoms with Gasteiger partial charge in [-0.3, -0.25) is 0 Å². The zero-order valence-electron chi connectivity index (χ0n) is 26.6. The normalized spacial score (nSPS) is 24.6. The minimum Gasteiger partial charge on any atom is -0.474 e. The van der Waals surface area contributed by atoms with Crippen LogP contribution in [-0.2, 0) is 10.9 Å². The number of aromatic nitrogens is 4. The first-order chi connectivity index (χ1) is 22.5. The van der Waals surface area contributed by atoms with Crippen molar-refractivity contribution in [3.8, 4) is 23.1 Å². The van der Waals surface area contributed by atoms with Crippen molar-refractivity contribution in [1.82, 2.24) is 30.2 Å². The predicted molar refractivity (Wildman–Crippen MR) is 167 cm³/mol. The molecule has 3 unspecified atom stereocenters. The van der Waals surface area contributed by atoms with Crippen LogP contribution in [0.2, 0.25) is 0 Å². The van der Waals surface area contributed by atoms with Gasteiger partial charge in [0, 0.05) is 43.7 Å². The molecule has 254 valence electrons. The Morgan fingerprint density at radius 2 is 1.85 bits per heavy atom. The van der Waals surface area contributed by atoms with Crippen LogP contribution in [0.5, 0.6) is 11.9 Å². The van der Waals surface area contributed by atoms with Crippen molar-refractivity contribution in [1.29, 1.82) is 0 Å². The summed E-state index contributed by atoms with van der Waals surface area (Å²) in [6.07, 6.45) is -1.50. The molecule has 1 aliphatic carbocycles. The Labute approximate surface area is 270 Å². The van der Waals surface area contributed by atoms with Gasteiger partial charge in [0.1, 0.15) is 28.2 Å². The Bertz CT molecular complexity index is 1640. The van der Waals surface area contributed by atoms with Gasteiger partial charge in [-0.05, 0) is 64.0 Å². The Balaban J connectivity index is 1.28. The minimum atomic E-state index is -4.85. The number of ether oxygens (including phenoxy) is 3. The van der Waals surface area contributed by atoms with Gasteiger partial charge < -0.3 is 35.5 Å². The summed E-state index contributed by atoms with van der Waals surface area (Å²) in [5.41, 5.74) is 2.88. The number of pyridine rings is 2. The highest BCUT2D eigenvalue weighted by Crippen LogP contribution is 2.48. The molecule has 0 radical (unpaired) electrons. The number of nitrogens with one attached hydrogen (secondary N) is 2. The van der Waals surface area contributed by atoms with E-state index in [-0.39, 0.29) is 39.8 Å². The number of alkyl halides is 3. The van der Waals surface area contributed by atoms with Crippen molar-refractivity contribution >= 4 is 22.5 Å². The highest BCUT2D eigenvalue weighted by atomic mass is 19.4. The Hall–Kier alpha value is -3.56. The molecule has 3 aromatic rings. The van der Waals surface area contributed by atoms with Gasteiger partial charge >= 0.3 is 12.2 Å². The zero-order chi connectivity index (χ0) is 32.9. The molecule has 1 saturated carbocycles. The van der Waals surface area contributed by atoms with Crippen molar-refractivity contribution in [3.05, 3.63) is 23.1 Å². The lowest BCUT2D eigenvalue weighted by atomic mass is 9.87. The lowest BCUT2D eigenvalue weighted by Crippen LogP contribution is -2.48. The van der Waals surface area contributed by atoms with Crippen LogP contribution in [0.25, 0.3) is 22.2 Å². The summed E-state index contributed by atoms with van der Waals surface area (Å²) in [7, 11) is 0. The molecule has 3 aromatic heterocycles. The van der Waals surface area contributed by atoms with Crippen LogP contribution in [0.1, 0.15) is 43.9 Å². The highest BCUT2D eigenvalue weighted by Gasteiger charge is 2.47. The Kier molecular flexibility index (Phi) is 8.49. The molecule has 2 saturated heterocycles. The summed E-state index contributed by atoms with van der Waals surface area (Å²) in [5.74, 6) is -0.0346. The van der Waals surface area contributed by atoms with Gasteiger partial charge in [0.15, 0.2) is 5.82 Å². The fraction of sp³-hybridized carbons (Fsp3) is 0.625. The van der Waals surface area contributed by atoms with Crippen LogP contribution < -0.4 is 25.8 Å². The van der Waals surface area contributed by atoms with E-state index in [4.69, 9.17) is 19.9 Å². The lowest BCUT2D eigenvalue weighted by molar-refractivity contribution is -0.137. The number of fused-ring (bicyclic) bond motifs is 2. The quantitative estimate of drug-likeness (QED) is 0.325. The third-order valence-corrected chi connectivity index (χ3v) is 9.56. The van der Waals surface area contributed by atoms with E-state index in [9.17, 15) is 13.2 Å². The smallest absolute Gasteiger partial charge is 0.418 e. The minimum absolute atomic E-state index is 0.0690. The van der Waals surface area contributed by atoms with Crippen molar-refractivity contribution in [3.63, 3.8) is 0 Å². The van der Waals surface area contributed by atoms with Gasteiger partial charge in [0.25, 0.3) is 0 Å². The van der Waals surface area contributed by atoms with E-state index in [0.29, 0.717) is 44.5 Å². The maximum atomic E-state index is 16.6. The van der Waals surface area contributed by atoms with Gasteiger partial charge in [-0.25, -0.2) is 14.4 Å². The summed E-state index contributed by atoms with van der Waals surface area (Å²) in [6.45, 7) is 9.45. The van der Waals surface area contributed by atoms with Gasteiger partial charge in [0.05, 0.1) is 37.2 Å². The maximum Gasteiger partial charge on any atom is 0.418 e. The van der Waals surface area contributed by atoms with Crippen LogP contribution in [0, 0.1) is 30.0 Å². The molecule has 0 spiro atoms. The van der Waals surface area contributed by atoms with E-state index in [2.05, 4.69) is 35.5 Å². The number of likely N-dealkylation sites (tertiary alicyclic amines) is 1. The number of hydrogen-bond donors (Lipinski definition) is 3. The molecule has 0 amide bonds. The molecule has 7 rings (SSSR count). The molecule has 15 heteroatoms. The number of anilines is 2. The summed E-state index contributed by atoms with van der Waals surface area (Å²) in [6, 6.07) is 0.906. The third kappa shape index (κ3) is 6.74. The number of hydrogen-bond acceptors (Lipinski definition) is 11. The highest BCUT2D eigenvalue weighted by molar-refractivity contribution is 5.96. The second kappa shape index (κ2) is 12.5. The second-order valence-corrected chi connectivity index (χ2v) is 13.6. The number of rotatable bonds is 6. The number of halogens is 4. The van der Waals surface area contributed by atoms with Crippen molar-refractivity contribution in [2.24, 2.45) is 17.3 Å². The van der Waals surface area contributed by atoms with Crippen LogP contribution in [0.3, 0.4) is 0 Å². The lowest BCUT2D eigenvalue weighted by Gasteiger charge is -2.42. The molecule has 6 heterocycles. The van der Waals surface area contributed by atoms with Gasteiger partial charge in [0.2, 0.25) is 5.88 Å². The van der Waals surface area contributed by atoms with E-state index in [1.54, 1.807) is 0 Å². The van der Waals surface area contributed by atoms with Crippen LogP contribution >= 0.6 is 0 Å². The van der Waals surface area contributed by atoms with E-state index >= 15 is 4.39 Å². The van der Waals surface area contributed by atoms with E-state index in [1.165, 1.54) is 13.3 Å². The van der Waals surface area contributed by atoms with Gasteiger partial charge in [-0.1, -0.05) is 0 Å². The molecule has 47 heavy (non-hydrogen) atoms. The number of nitrogens with zero attached hydrogens (tertiary/aromatic N) is 5. The van der Waals surface area contributed by atoms with E-state index in [1.807, 2.05) is 6.92 Å². The Morgan fingerprint density at radius 3 is 2.57 bits per heavy atom. The number of aryl methyl sites for hydroxylation is 1. The Morgan fingerprint density at radius 1 is 1.09 bits per heavy atom. The summed E-state index contributed by atoms with van der Waals surface area (Å²) in [5, 5.41) is 6.65. The number of nitrogen functional groups attached to an aromatic ring is 1. The summed E-state index contributed by atoms with van der Waals surface area (Å²) >= 11 is 0. The standard InChI is InChI=1S/C32H40F4N8O3/c1-17-3-6-38-7-8-39-28-23-27(25(33)26(41-29(23)47-17)21-10-22(37)40-18(2)24(21)32(34,35)36)42-30(43-28)46-16-31(4-5-31)15-44-11-19-9-20(12-44)14-45-13-19/h10,17,19-20,38H,3-9,11-16H2,1-2H3,(H2,37,40)(H,39,42,43). The molecule has 11 nitrogen and oxygen atoms in total. The summed E-state index contributed by atoms with van der Waals surface area (Å²) in [4.78, 5) is 19.7. The maximum absolute atomic E-state index is 16.6. The molecule has 4 aliphatic rings. The van der Waals surface area contributed by atoms with Crippen molar-refractivity contribution in [2.45, 2.75) is 51.8 Å². The first-order valence-corrected chi connectivity index (χ1v) is 16.3. The molecule has 3 fully saturated rings. The summed E-state index contributed by atoms with van der Waals surface area (Å²) < 4.78 is 77.8. The average Bonchev–Trinajstić information content (AvgIpc) is 3.77. The molecule has 3 aliphatic heterocycles. The van der Waals surface area contributed by atoms with Gasteiger partial charge in [-0.2, -0.15) is 23.1 Å². The molecular weight excluding hydrogens is 620 g/mol. The molecule has 3 atom stereocenters. The van der Waals surface area contributed by atoms with Crippen LogP contribution in [0.4, 0.5) is 29.2 Å². The number of piperidine rings is 1. The second-order valence-electron chi connectivity index (χ2n) is 13.6. The van der Waals surface area contributed by atoms with Crippen molar-refractivity contribution < 1.29 is 31.8 Å². The largest absolute Gasteiger partial charge is 0.474 e. The third-order valence-electron chi connectivity index (χ3n) is 9.56. The van der Waals surface area contributed by atoms with Crippen LogP contribution in [-0.4, -0.2) is 90.0 Å². The number of nitrogens with two attached hydrogens (primary N) is 1. The van der Waals surface area contributed by atoms with Crippen molar-refractivity contribution in [2.75, 3.05) is 70.1 Å². The van der Waals surface area contributed by atoms with Crippen LogP contribution in [0.15, 0.2) is 6.07 Å². The first kappa shape index (κ1) is 32.0. The predicted octanol–water partition coefficient (Wildman–Crippen LogP) is 4.44. The average molecular weight is 661 g/mol.